The van der Waals surface area contributed by atoms with Gasteiger partial charge in [0.05, 0.1) is 12.2 Å². The van der Waals surface area contributed by atoms with E-state index in [0.29, 0.717) is 6.61 Å². The zero-order valence-electron chi connectivity index (χ0n) is 10.7. The van der Waals surface area contributed by atoms with E-state index in [1.54, 1.807) is 0 Å². The van der Waals surface area contributed by atoms with Crippen LogP contribution in [0.1, 0.15) is 33.5 Å². The molecule has 1 heterocycles. The normalized spacial score (nSPS) is 14.1. The van der Waals surface area contributed by atoms with Crippen molar-refractivity contribution in [3.8, 4) is 0 Å². The lowest BCUT2D eigenvalue weighted by molar-refractivity contribution is -0.0101. The molecular weight excluding hydrogens is 202 g/mol. The van der Waals surface area contributed by atoms with E-state index in [1.807, 2.05) is 33.2 Å². The lowest BCUT2D eigenvalue weighted by atomic mass is 10.1. The number of hydrogen-bond acceptors (Lipinski definition) is 3. The van der Waals surface area contributed by atoms with Gasteiger partial charge in [-0.25, -0.2) is 4.98 Å². The average Bonchev–Trinajstić information content (AvgIpc) is 2.61. The van der Waals surface area contributed by atoms with Crippen molar-refractivity contribution in [2.24, 2.45) is 5.73 Å². The molecule has 0 radical (unpaired) electrons. The molecule has 1 rings (SSSR count). The van der Waals surface area contributed by atoms with E-state index in [2.05, 4.69) is 16.5 Å². The van der Waals surface area contributed by atoms with Crippen LogP contribution in [-0.2, 0) is 17.7 Å². The van der Waals surface area contributed by atoms with Crippen molar-refractivity contribution >= 4 is 0 Å². The van der Waals surface area contributed by atoms with Crippen LogP contribution in [0, 0.1) is 0 Å². The van der Waals surface area contributed by atoms with Crippen molar-refractivity contribution in [2.45, 2.75) is 52.3 Å². The Kier molecular flexibility index (Phi) is 4.50. The fourth-order valence-corrected chi connectivity index (χ4v) is 1.47. The Hall–Kier alpha value is -0.870. The molecule has 0 aromatic carbocycles. The van der Waals surface area contributed by atoms with Gasteiger partial charge in [0.2, 0.25) is 0 Å². The molecule has 16 heavy (non-hydrogen) atoms. The second-order valence-electron chi connectivity index (χ2n) is 5.02. The first kappa shape index (κ1) is 13.2. The standard InChI is InChI=1S/C12H23N3O/c1-5-15-7-6-14-11(15)8-10(13)9-16-12(2,3)4/h6-7,10H,5,8-9,13H2,1-4H3. The molecule has 0 saturated heterocycles. The fraction of sp³-hybridized carbons (Fsp3) is 0.750. The highest BCUT2D eigenvalue weighted by molar-refractivity contribution is 4.95. The minimum Gasteiger partial charge on any atom is -0.374 e. The maximum Gasteiger partial charge on any atom is 0.110 e. The summed E-state index contributed by atoms with van der Waals surface area (Å²) in [5, 5.41) is 0. The Morgan fingerprint density at radius 1 is 1.50 bits per heavy atom. The van der Waals surface area contributed by atoms with Crippen molar-refractivity contribution in [1.82, 2.24) is 9.55 Å². The number of imidazole rings is 1. The lowest BCUT2D eigenvalue weighted by Gasteiger charge is -2.22. The van der Waals surface area contributed by atoms with Crippen LogP contribution in [0.2, 0.25) is 0 Å². The molecule has 0 amide bonds. The van der Waals surface area contributed by atoms with Gasteiger partial charge in [-0.1, -0.05) is 0 Å². The van der Waals surface area contributed by atoms with Gasteiger partial charge in [-0.05, 0) is 27.7 Å². The van der Waals surface area contributed by atoms with Gasteiger partial charge >= 0.3 is 0 Å². The molecular formula is C12H23N3O. The van der Waals surface area contributed by atoms with Crippen LogP contribution in [0.4, 0.5) is 0 Å². The molecule has 4 heteroatoms. The van der Waals surface area contributed by atoms with Crippen LogP contribution in [0.25, 0.3) is 0 Å². The van der Waals surface area contributed by atoms with Gasteiger partial charge in [-0.2, -0.15) is 0 Å². The molecule has 1 atom stereocenters. The van der Waals surface area contributed by atoms with Crippen molar-refractivity contribution in [3.63, 3.8) is 0 Å². The topological polar surface area (TPSA) is 53.1 Å². The van der Waals surface area contributed by atoms with Gasteiger partial charge in [-0.3, -0.25) is 0 Å². The minimum absolute atomic E-state index is 0.00641. The van der Waals surface area contributed by atoms with Crippen LogP contribution >= 0.6 is 0 Å². The van der Waals surface area contributed by atoms with Gasteiger partial charge < -0.3 is 15.0 Å². The third-order valence-corrected chi connectivity index (χ3v) is 2.32. The smallest absolute Gasteiger partial charge is 0.110 e. The van der Waals surface area contributed by atoms with E-state index in [0.717, 1.165) is 18.8 Å². The average molecular weight is 225 g/mol. The Morgan fingerprint density at radius 2 is 2.19 bits per heavy atom. The summed E-state index contributed by atoms with van der Waals surface area (Å²) in [5.74, 6) is 1.03. The minimum atomic E-state index is -0.127. The summed E-state index contributed by atoms with van der Waals surface area (Å²) in [4.78, 5) is 4.30. The van der Waals surface area contributed by atoms with Gasteiger partial charge in [-0.15, -0.1) is 0 Å². The predicted molar refractivity (Wildman–Crippen MR) is 65.3 cm³/mol. The Bertz CT molecular complexity index is 314. The molecule has 0 fully saturated rings. The highest BCUT2D eigenvalue weighted by Crippen LogP contribution is 2.08. The summed E-state index contributed by atoms with van der Waals surface area (Å²) < 4.78 is 7.76. The molecule has 0 aliphatic carbocycles. The lowest BCUT2D eigenvalue weighted by Crippen LogP contribution is -2.34. The van der Waals surface area contributed by atoms with Crippen molar-refractivity contribution < 1.29 is 4.74 Å². The number of aromatic nitrogens is 2. The Labute approximate surface area is 97.8 Å². The summed E-state index contributed by atoms with van der Waals surface area (Å²) >= 11 is 0. The van der Waals surface area contributed by atoms with E-state index >= 15 is 0 Å². The molecule has 1 aromatic rings. The molecule has 92 valence electrons. The summed E-state index contributed by atoms with van der Waals surface area (Å²) in [6, 6.07) is 0.00641. The van der Waals surface area contributed by atoms with Crippen molar-refractivity contribution in [3.05, 3.63) is 18.2 Å². The van der Waals surface area contributed by atoms with Crippen LogP contribution < -0.4 is 5.73 Å². The van der Waals surface area contributed by atoms with Crippen LogP contribution in [0.3, 0.4) is 0 Å². The van der Waals surface area contributed by atoms with Crippen LogP contribution in [-0.4, -0.2) is 27.8 Å². The number of rotatable bonds is 5. The third kappa shape index (κ3) is 4.33. The maximum atomic E-state index is 6.02. The largest absolute Gasteiger partial charge is 0.374 e. The highest BCUT2D eigenvalue weighted by atomic mass is 16.5. The summed E-state index contributed by atoms with van der Waals surface area (Å²) in [6.07, 6.45) is 4.56. The van der Waals surface area contributed by atoms with Crippen LogP contribution in [0.5, 0.6) is 0 Å². The Morgan fingerprint density at radius 3 is 2.75 bits per heavy atom. The van der Waals surface area contributed by atoms with Crippen LogP contribution in [0.15, 0.2) is 12.4 Å². The second kappa shape index (κ2) is 5.46. The van der Waals surface area contributed by atoms with E-state index < -0.39 is 0 Å². The molecule has 2 N–H and O–H groups in total. The van der Waals surface area contributed by atoms with E-state index in [9.17, 15) is 0 Å². The zero-order chi connectivity index (χ0) is 12.2. The van der Waals surface area contributed by atoms with E-state index in [1.165, 1.54) is 0 Å². The third-order valence-electron chi connectivity index (χ3n) is 2.32. The molecule has 1 unspecified atom stereocenters. The number of hydrogen-bond donors (Lipinski definition) is 1. The fourth-order valence-electron chi connectivity index (χ4n) is 1.47. The quantitative estimate of drug-likeness (QED) is 0.828. The number of nitrogens with zero attached hydrogens (tertiary/aromatic N) is 2. The molecule has 1 aromatic heterocycles. The second-order valence-corrected chi connectivity index (χ2v) is 5.02. The molecule has 0 saturated carbocycles. The first-order valence-electron chi connectivity index (χ1n) is 5.82. The van der Waals surface area contributed by atoms with Gasteiger partial charge in [0.1, 0.15) is 5.82 Å². The molecule has 4 nitrogen and oxygen atoms in total. The zero-order valence-corrected chi connectivity index (χ0v) is 10.7. The molecule has 0 spiro atoms. The van der Waals surface area contributed by atoms with Crippen molar-refractivity contribution in [1.29, 1.82) is 0 Å². The highest BCUT2D eigenvalue weighted by Gasteiger charge is 2.14. The SMILES string of the molecule is CCn1ccnc1CC(N)COC(C)(C)C. The van der Waals surface area contributed by atoms with Gasteiger partial charge in [0, 0.05) is 31.4 Å². The predicted octanol–water partition coefficient (Wildman–Crippen LogP) is 1.59. The van der Waals surface area contributed by atoms with E-state index in [-0.39, 0.29) is 11.6 Å². The summed E-state index contributed by atoms with van der Waals surface area (Å²) in [6.45, 7) is 9.71. The Balaban J connectivity index is 2.42. The first-order chi connectivity index (χ1) is 7.42. The van der Waals surface area contributed by atoms with Gasteiger partial charge in [0.25, 0.3) is 0 Å². The molecule has 0 aliphatic rings. The monoisotopic (exact) mass is 225 g/mol. The van der Waals surface area contributed by atoms with Gasteiger partial charge in [0.15, 0.2) is 0 Å². The number of aryl methyl sites for hydroxylation is 1. The molecule has 0 bridgehead atoms. The van der Waals surface area contributed by atoms with Crippen molar-refractivity contribution in [2.75, 3.05) is 6.61 Å². The first-order valence-corrected chi connectivity index (χ1v) is 5.82. The number of ether oxygens (including phenoxy) is 1. The number of nitrogens with two attached hydrogens (primary N) is 1. The summed E-state index contributed by atoms with van der Waals surface area (Å²) in [7, 11) is 0. The molecule has 0 aliphatic heterocycles. The maximum absolute atomic E-state index is 6.02. The van der Waals surface area contributed by atoms with E-state index in [4.69, 9.17) is 10.5 Å². The summed E-state index contributed by atoms with van der Waals surface area (Å²) in [5.41, 5.74) is 5.89.